The Kier molecular flexibility index (Phi) is 3.38. The molecule has 0 radical (unpaired) electrons. The predicted molar refractivity (Wildman–Crippen MR) is 47.6 cm³/mol. The van der Waals surface area contributed by atoms with Gasteiger partial charge < -0.3 is 4.74 Å². The standard InChI is InChI=1S/C10H20O/c1-8(2)11-10-6-4-9(3)5-7-10/h8-10H,4-7H2,1-3H3. The predicted octanol–water partition coefficient (Wildman–Crippen LogP) is 2.99. The van der Waals surface area contributed by atoms with Gasteiger partial charge in [-0.1, -0.05) is 6.92 Å². The number of rotatable bonds is 2. The molecule has 0 atom stereocenters. The SMILES string of the molecule is CC1CCC(OC(C)C)CC1. The summed E-state index contributed by atoms with van der Waals surface area (Å²) in [5.41, 5.74) is 0. The maximum absolute atomic E-state index is 5.74. The van der Waals surface area contributed by atoms with E-state index < -0.39 is 0 Å². The topological polar surface area (TPSA) is 9.23 Å². The Balaban J connectivity index is 2.17. The summed E-state index contributed by atoms with van der Waals surface area (Å²) in [6.45, 7) is 6.58. The van der Waals surface area contributed by atoms with Gasteiger partial charge in [0.05, 0.1) is 12.2 Å². The second kappa shape index (κ2) is 4.10. The van der Waals surface area contributed by atoms with Gasteiger partial charge in [0.1, 0.15) is 0 Å². The first-order chi connectivity index (χ1) is 5.18. The summed E-state index contributed by atoms with van der Waals surface area (Å²) in [5, 5.41) is 0. The molecule has 1 aliphatic rings. The van der Waals surface area contributed by atoms with Gasteiger partial charge in [0.2, 0.25) is 0 Å². The lowest BCUT2D eigenvalue weighted by Gasteiger charge is -2.27. The Morgan fingerprint density at radius 2 is 1.64 bits per heavy atom. The fourth-order valence-electron chi connectivity index (χ4n) is 1.75. The Morgan fingerprint density at radius 1 is 1.09 bits per heavy atom. The third-order valence-corrected chi connectivity index (χ3v) is 2.43. The molecule has 0 unspecified atom stereocenters. The van der Waals surface area contributed by atoms with Gasteiger partial charge in [-0.25, -0.2) is 0 Å². The molecule has 1 aliphatic carbocycles. The van der Waals surface area contributed by atoms with E-state index in [2.05, 4.69) is 20.8 Å². The molecular weight excluding hydrogens is 136 g/mol. The van der Waals surface area contributed by atoms with Crippen molar-refractivity contribution in [1.29, 1.82) is 0 Å². The zero-order chi connectivity index (χ0) is 8.27. The van der Waals surface area contributed by atoms with Crippen molar-refractivity contribution < 1.29 is 4.74 Å². The maximum Gasteiger partial charge on any atom is 0.0578 e. The van der Waals surface area contributed by atoms with Crippen LogP contribution in [-0.2, 0) is 4.74 Å². The lowest BCUT2D eigenvalue weighted by Crippen LogP contribution is -2.23. The van der Waals surface area contributed by atoms with Crippen LogP contribution in [0.25, 0.3) is 0 Å². The van der Waals surface area contributed by atoms with Gasteiger partial charge in [0, 0.05) is 0 Å². The van der Waals surface area contributed by atoms with Gasteiger partial charge in [0.15, 0.2) is 0 Å². The summed E-state index contributed by atoms with van der Waals surface area (Å²) in [4.78, 5) is 0. The minimum Gasteiger partial charge on any atom is -0.376 e. The molecule has 0 spiro atoms. The molecule has 0 N–H and O–H groups in total. The third kappa shape index (κ3) is 3.24. The fourth-order valence-corrected chi connectivity index (χ4v) is 1.75. The van der Waals surface area contributed by atoms with E-state index in [1.165, 1.54) is 25.7 Å². The maximum atomic E-state index is 5.74. The Bertz CT molecular complexity index is 101. The van der Waals surface area contributed by atoms with Crippen molar-refractivity contribution in [2.75, 3.05) is 0 Å². The van der Waals surface area contributed by atoms with Crippen molar-refractivity contribution in [2.24, 2.45) is 5.92 Å². The monoisotopic (exact) mass is 156 g/mol. The molecule has 0 aromatic rings. The summed E-state index contributed by atoms with van der Waals surface area (Å²) in [6.07, 6.45) is 6.24. The summed E-state index contributed by atoms with van der Waals surface area (Å²) in [5.74, 6) is 0.932. The van der Waals surface area contributed by atoms with E-state index in [-0.39, 0.29) is 0 Å². The summed E-state index contributed by atoms with van der Waals surface area (Å²) < 4.78 is 5.74. The molecule has 1 nitrogen and oxygen atoms in total. The molecule has 11 heavy (non-hydrogen) atoms. The number of hydrogen-bond donors (Lipinski definition) is 0. The molecule has 0 heterocycles. The Labute approximate surface area is 70.1 Å². The van der Waals surface area contributed by atoms with Crippen molar-refractivity contribution in [3.63, 3.8) is 0 Å². The molecular formula is C10H20O. The van der Waals surface area contributed by atoms with Crippen LogP contribution in [0.4, 0.5) is 0 Å². The highest BCUT2D eigenvalue weighted by atomic mass is 16.5. The zero-order valence-electron chi connectivity index (χ0n) is 7.97. The summed E-state index contributed by atoms with van der Waals surface area (Å²) in [7, 11) is 0. The van der Waals surface area contributed by atoms with Crippen LogP contribution in [0, 0.1) is 5.92 Å². The van der Waals surface area contributed by atoms with Crippen LogP contribution in [0.5, 0.6) is 0 Å². The van der Waals surface area contributed by atoms with E-state index in [0.717, 1.165) is 5.92 Å². The Hall–Kier alpha value is -0.0400. The van der Waals surface area contributed by atoms with E-state index in [0.29, 0.717) is 12.2 Å². The van der Waals surface area contributed by atoms with E-state index in [1.807, 2.05) is 0 Å². The molecule has 0 aliphatic heterocycles. The molecule has 1 rings (SSSR count). The summed E-state index contributed by atoms with van der Waals surface area (Å²) >= 11 is 0. The van der Waals surface area contributed by atoms with Crippen molar-refractivity contribution >= 4 is 0 Å². The molecule has 0 amide bonds. The minimum atomic E-state index is 0.411. The van der Waals surface area contributed by atoms with Crippen molar-refractivity contribution in [3.8, 4) is 0 Å². The molecule has 1 heteroatoms. The first kappa shape index (κ1) is 9.05. The molecule has 0 aromatic carbocycles. The molecule has 0 aromatic heterocycles. The lowest BCUT2D eigenvalue weighted by molar-refractivity contribution is -0.0183. The average molecular weight is 156 g/mol. The van der Waals surface area contributed by atoms with Crippen molar-refractivity contribution in [3.05, 3.63) is 0 Å². The van der Waals surface area contributed by atoms with Crippen LogP contribution in [0.2, 0.25) is 0 Å². The second-order valence-electron chi connectivity index (χ2n) is 4.07. The van der Waals surface area contributed by atoms with Gasteiger partial charge in [-0.3, -0.25) is 0 Å². The minimum absolute atomic E-state index is 0.411. The van der Waals surface area contributed by atoms with Crippen LogP contribution in [-0.4, -0.2) is 12.2 Å². The van der Waals surface area contributed by atoms with E-state index in [9.17, 15) is 0 Å². The first-order valence-electron chi connectivity index (χ1n) is 4.84. The number of ether oxygens (including phenoxy) is 1. The van der Waals surface area contributed by atoms with Crippen molar-refractivity contribution in [1.82, 2.24) is 0 Å². The first-order valence-corrected chi connectivity index (χ1v) is 4.84. The van der Waals surface area contributed by atoms with Gasteiger partial charge in [-0.05, 0) is 45.4 Å². The largest absolute Gasteiger partial charge is 0.376 e. The van der Waals surface area contributed by atoms with Gasteiger partial charge in [-0.15, -0.1) is 0 Å². The fraction of sp³-hybridized carbons (Fsp3) is 1.00. The molecule has 0 saturated heterocycles. The molecule has 1 saturated carbocycles. The lowest BCUT2D eigenvalue weighted by atomic mass is 9.89. The van der Waals surface area contributed by atoms with Crippen LogP contribution in [0.15, 0.2) is 0 Å². The van der Waals surface area contributed by atoms with E-state index >= 15 is 0 Å². The molecule has 0 bridgehead atoms. The zero-order valence-corrected chi connectivity index (χ0v) is 7.97. The van der Waals surface area contributed by atoms with Gasteiger partial charge in [0.25, 0.3) is 0 Å². The van der Waals surface area contributed by atoms with Gasteiger partial charge in [-0.2, -0.15) is 0 Å². The quantitative estimate of drug-likeness (QED) is 0.597. The smallest absolute Gasteiger partial charge is 0.0578 e. The van der Waals surface area contributed by atoms with E-state index in [1.54, 1.807) is 0 Å². The summed E-state index contributed by atoms with van der Waals surface area (Å²) in [6, 6.07) is 0. The van der Waals surface area contributed by atoms with Crippen LogP contribution in [0.3, 0.4) is 0 Å². The van der Waals surface area contributed by atoms with Crippen molar-refractivity contribution in [2.45, 2.75) is 58.7 Å². The second-order valence-corrected chi connectivity index (χ2v) is 4.07. The molecule has 1 fully saturated rings. The highest BCUT2D eigenvalue weighted by molar-refractivity contribution is 4.70. The average Bonchev–Trinajstić information content (AvgIpc) is 1.93. The Morgan fingerprint density at radius 3 is 2.09 bits per heavy atom. The highest BCUT2D eigenvalue weighted by Gasteiger charge is 2.18. The van der Waals surface area contributed by atoms with Crippen LogP contribution < -0.4 is 0 Å². The van der Waals surface area contributed by atoms with E-state index in [4.69, 9.17) is 4.74 Å². The number of hydrogen-bond acceptors (Lipinski definition) is 1. The van der Waals surface area contributed by atoms with Crippen LogP contribution in [0.1, 0.15) is 46.5 Å². The highest BCUT2D eigenvalue weighted by Crippen LogP contribution is 2.25. The third-order valence-electron chi connectivity index (χ3n) is 2.43. The van der Waals surface area contributed by atoms with Crippen LogP contribution >= 0.6 is 0 Å². The van der Waals surface area contributed by atoms with Gasteiger partial charge >= 0.3 is 0 Å². The molecule has 66 valence electrons. The normalized spacial score (nSPS) is 32.7.